The lowest BCUT2D eigenvalue weighted by Crippen LogP contribution is -2.61. The van der Waals surface area contributed by atoms with Gasteiger partial charge in [-0.2, -0.15) is 0 Å². The minimum Gasteiger partial charge on any atom is -0.367 e. The molecule has 2 amide bonds. The number of carbonyl (C=O) groups is 2. The highest BCUT2D eigenvalue weighted by Crippen LogP contribution is 2.26. The Hall–Kier alpha value is -2.66. The summed E-state index contributed by atoms with van der Waals surface area (Å²) in [6.07, 6.45) is 0.346. The van der Waals surface area contributed by atoms with Crippen LogP contribution in [0, 0.1) is 12.8 Å². The smallest absolute Gasteiger partial charge is 0.251 e. The van der Waals surface area contributed by atoms with E-state index < -0.39 is 11.5 Å². The molecule has 1 atom stereocenters. The molecule has 2 aromatic rings. The second-order valence-corrected chi connectivity index (χ2v) is 7.86. The van der Waals surface area contributed by atoms with Crippen molar-refractivity contribution in [3.63, 3.8) is 0 Å². The molecule has 0 radical (unpaired) electrons. The van der Waals surface area contributed by atoms with Crippen LogP contribution in [0.2, 0.25) is 0 Å². The van der Waals surface area contributed by atoms with Gasteiger partial charge in [-0.1, -0.05) is 67.9 Å². The zero-order valence-corrected chi connectivity index (χ0v) is 16.8. The topological polar surface area (TPSA) is 72.6 Å². The van der Waals surface area contributed by atoms with Crippen LogP contribution in [0.15, 0.2) is 48.5 Å². The molecule has 0 aromatic heterocycles. The number of nitrogens with zero attached hydrogens (tertiary/aromatic N) is 1. The molecule has 0 spiro atoms. The summed E-state index contributed by atoms with van der Waals surface area (Å²) in [6, 6.07) is 16.4. The monoisotopic (exact) mass is 380 g/mol. The van der Waals surface area contributed by atoms with E-state index >= 15 is 0 Å². The Labute approximate surface area is 166 Å². The second-order valence-electron chi connectivity index (χ2n) is 7.86. The fraction of sp³-hybridized carbons (Fsp3) is 0.391. The second kappa shape index (κ2) is 8.15. The largest absolute Gasteiger partial charge is 0.367 e. The predicted molar refractivity (Wildman–Crippen MR) is 110 cm³/mol. The van der Waals surface area contributed by atoms with Crippen LogP contribution in [0.3, 0.4) is 0 Å². The average Bonchev–Trinajstić information content (AvgIpc) is 2.68. The van der Waals surface area contributed by atoms with E-state index in [4.69, 9.17) is 10.5 Å². The number of hydrogen-bond acceptors (Lipinski definition) is 3. The van der Waals surface area contributed by atoms with Crippen LogP contribution in [-0.2, 0) is 20.7 Å². The van der Waals surface area contributed by atoms with E-state index in [1.165, 1.54) is 5.56 Å². The van der Waals surface area contributed by atoms with E-state index in [1.807, 2.05) is 44.2 Å². The maximum Gasteiger partial charge on any atom is 0.251 e. The molecule has 1 saturated heterocycles. The number of hydrogen-bond donors (Lipinski definition) is 1. The predicted octanol–water partition coefficient (Wildman–Crippen LogP) is 2.94. The molecule has 3 rings (SSSR count). The quantitative estimate of drug-likeness (QED) is 0.867. The van der Waals surface area contributed by atoms with Gasteiger partial charge in [-0.3, -0.25) is 9.59 Å². The van der Waals surface area contributed by atoms with Gasteiger partial charge in [-0.25, -0.2) is 0 Å². The fourth-order valence-electron chi connectivity index (χ4n) is 3.65. The summed E-state index contributed by atoms with van der Waals surface area (Å²) in [7, 11) is 0. The molecule has 5 nitrogen and oxygen atoms in total. The normalized spacial score (nSPS) is 19.6. The van der Waals surface area contributed by atoms with Crippen LogP contribution in [0.4, 0.5) is 0 Å². The summed E-state index contributed by atoms with van der Waals surface area (Å²) in [5.41, 5.74) is 8.96. The van der Waals surface area contributed by atoms with E-state index in [9.17, 15) is 9.59 Å². The average molecular weight is 380 g/mol. The molecule has 1 aliphatic heterocycles. The number of carbonyl (C=O) groups excluding carboxylic acids is 2. The molecule has 28 heavy (non-hydrogen) atoms. The van der Waals surface area contributed by atoms with E-state index in [2.05, 4.69) is 25.1 Å². The molecule has 1 aliphatic rings. The van der Waals surface area contributed by atoms with Crippen molar-refractivity contribution in [1.82, 2.24) is 4.90 Å². The van der Waals surface area contributed by atoms with Crippen molar-refractivity contribution in [2.75, 3.05) is 19.7 Å². The van der Waals surface area contributed by atoms with E-state index in [-0.39, 0.29) is 18.4 Å². The number of morpholine rings is 1. The molecule has 5 heteroatoms. The first kappa shape index (κ1) is 20.1. The van der Waals surface area contributed by atoms with Crippen LogP contribution in [0.25, 0.3) is 11.1 Å². The minimum atomic E-state index is -1.19. The lowest BCUT2D eigenvalue weighted by atomic mass is 9.90. The van der Waals surface area contributed by atoms with Crippen molar-refractivity contribution < 1.29 is 14.3 Å². The molecule has 0 unspecified atom stereocenters. The molecule has 1 heterocycles. The highest BCUT2D eigenvalue weighted by Gasteiger charge is 2.44. The fourth-order valence-corrected chi connectivity index (χ4v) is 3.65. The zero-order chi connectivity index (χ0) is 20.3. The number of nitrogens with two attached hydrogens (primary N) is 1. The van der Waals surface area contributed by atoms with Crippen molar-refractivity contribution >= 4 is 11.8 Å². The van der Waals surface area contributed by atoms with Gasteiger partial charge in [0.15, 0.2) is 5.60 Å². The maximum absolute atomic E-state index is 12.4. The molecular weight excluding hydrogens is 352 g/mol. The summed E-state index contributed by atoms with van der Waals surface area (Å²) >= 11 is 0. The Morgan fingerprint density at radius 3 is 2.46 bits per heavy atom. The molecular formula is C23H28N2O3. The third-order valence-corrected chi connectivity index (χ3v) is 5.24. The van der Waals surface area contributed by atoms with E-state index in [0.717, 1.165) is 16.7 Å². The lowest BCUT2D eigenvalue weighted by Gasteiger charge is -2.41. The van der Waals surface area contributed by atoms with Gasteiger partial charge in [0, 0.05) is 18.9 Å². The maximum atomic E-state index is 12.4. The first-order valence-corrected chi connectivity index (χ1v) is 9.69. The third-order valence-electron chi connectivity index (χ3n) is 5.24. The Kier molecular flexibility index (Phi) is 5.84. The highest BCUT2D eigenvalue weighted by molar-refractivity contribution is 5.86. The van der Waals surface area contributed by atoms with Gasteiger partial charge in [0.1, 0.15) is 0 Å². The number of amides is 2. The lowest BCUT2D eigenvalue weighted by molar-refractivity contribution is -0.165. The molecule has 2 N–H and O–H groups in total. The molecule has 1 fully saturated rings. The third kappa shape index (κ3) is 4.25. The van der Waals surface area contributed by atoms with Crippen LogP contribution in [0.5, 0.6) is 0 Å². The SMILES string of the molecule is Cc1cccc(-c2ccc(C[C@]3(C(N)=O)CN(C(=O)C(C)C)CCO3)cc2)c1. The number of rotatable bonds is 5. The standard InChI is InChI=1S/C23H28N2O3/c1-16(2)21(26)25-11-12-28-23(15-25,22(24)27)14-18-7-9-19(10-8-18)20-6-4-5-17(3)13-20/h4-10,13,16H,11-12,14-15H2,1-3H3,(H2,24,27)/t23-/m1/s1. The van der Waals surface area contributed by atoms with Crippen LogP contribution in [0.1, 0.15) is 25.0 Å². The van der Waals surface area contributed by atoms with Crippen LogP contribution < -0.4 is 5.73 Å². The van der Waals surface area contributed by atoms with Crippen molar-refractivity contribution in [3.8, 4) is 11.1 Å². The van der Waals surface area contributed by atoms with Crippen molar-refractivity contribution in [1.29, 1.82) is 0 Å². The molecule has 2 aromatic carbocycles. The van der Waals surface area contributed by atoms with Crippen molar-refractivity contribution in [2.45, 2.75) is 32.8 Å². The Bertz CT molecular complexity index is 860. The van der Waals surface area contributed by atoms with Gasteiger partial charge in [0.2, 0.25) is 5.91 Å². The van der Waals surface area contributed by atoms with Gasteiger partial charge in [0.05, 0.1) is 13.2 Å². The molecule has 0 aliphatic carbocycles. The molecule has 148 valence electrons. The Morgan fingerprint density at radius 1 is 1.14 bits per heavy atom. The van der Waals surface area contributed by atoms with Crippen molar-refractivity contribution in [3.05, 3.63) is 59.7 Å². The first-order valence-electron chi connectivity index (χ1n) is 9.69. The summed E-state index contributed by atoms with van der Waals surface area (Å²) in [5.74, 6) is -0.641. The Morgan fingerprint density at radius 2 is 1.86 bits per heavy atom. The van der Waals surface area contributed by atoms with Gasteiger partial charge >= 0.3 is 0 Å². The number of aryl methyl sites for hydroxylation is 1. The first-order chi connectivity index (χ1) is 13.3. The van der Waals surface area contributed by atoms with Crippen LogP contribution in [-0.4, -0.2) is 42.0 Å². The summed E-state index contributed by atoms with van der Waals surface area (Å²) in [5, 5.41) is 0. The minimum absolute atomic E-state index is 0.0173. The Balaban J connectivity index is 1.81. The number of primary amides is 1. The van der Waals surface area contributed by atoms with E-state index in [0.29, 0.717) is 19.6 Å². The van der Waals surface area contributed by atoms with Gasteiger partial charge in [0.25, 0.3) is 5.91 Å². The van der Waals surface area contributed by atoms with E-state index in [1.54, 1.807) is 4.90 Å². The number of benzene rings is 2. The van der Waals surface area contributed by atoms with Gasteiger partial charge < -0.3 is 15.4 Å². The molecule has 0 saturated carbocycles. The number of ether oxygens (including phenoxy) is 1. The summed E-state index contributed by atoms with van der Waals surface area (Å²) < 4.78 is 5.85. The zero-order valence-electron chi connectivity index (χ0n) is 16.8. The van der Waals surface area contributed by atoms with Crippen LogP contribution >= 0.6 is 0 Å². The molecule has 0 bridgehead atoms. The highest BCUT2D eigenvalue weighted by atomic mass is 16.5. The van der Waals surface area contributed by atoms with Crippen molar-refractivity contribution in [2.24, 2.45) is 11.7 Å². The van der Waals surface area contributed by atoms with Gasteiger partial charge in [-0.15, -0.1) is 0 Å². The summed E-state index contributed by atoms with van der Waals surface area (Å²) in [6.45, 7) is 6.76. The summed E-state index contributed by atoms with van der Waals surface area (Å²) in [4.78, 5) is 26.4. The van der Waals surface area contributed by atoms with Gasteiger partial charge in [-0.05, 0) is 23.6 Å².